The van der Waals surface area contributed by atoms with Crippen LogP contribution < -0.4 is 0 Å². The standard InChI is InChI=1S/C14H22.C10H17N.2C2H6.C2H4.CH4O/c1-6-9-13(5)11-14(8-3)10-12(4)7-2;1-6-7-10(8(2)3)11-9(4)5;4*1-2/h8,10-11H,3,5-7,9H2,1-2,4H3;2,4,6-7H2,1,3,5H3;2*1-2H3;1-2H2;2H,1H3/b12-10+,14-11-;;;;;. The molecule has 0 aromatic rings. The van der Waals surface area contributed by atoms with E-state index in [1.165, 1.54) is 16.7 Å². The lowest BCUT2D eigenvalue weighted by atomic mass is 10.1. The molecule has 2 heteroatoms. The van der Waals surface area contributed by atoms with Crippen molar-refractivity contribution in [3.63, 3.8) is 0 Å². The van der Waals surface area contributed by atoms with E-state index in [0.717, 1.165) is 56.2 Å². The summed E-state index contributed by atoms with van der Waals surface area (Å²) in [5.74, 6) is 0. The number of aliphatic hydroxyl groups excluding tert-OH is 1. The first-order valence-corrected chi connectivity index (χ1v) is 12.2. The highest BCUT2D eigenvalue weighted by molar-refractivity contribution is 5.99. The molecule has 0 saturated carbocycles. The first kappa shape index (κ1) is 44.5. The maximum Gasteiger partial charge on any atom is 0.0429 e. The van der Waals surface area contributed by atoms with Crippen molar-refractivity contribution in [2.24, 2.45) is 4.99 Å². The van der Waals surface area contributed by atoms with E-state index in [9.17, 15) is 0 Å². The molecule has 0 fully saturated rings. The average Bonchev–Trinajstić information content (AvgIpc) is 2.83. The Balaban J connectivity index is -0.0000000856. The van der Waals surface area contributed by atoms with E-state index in [1.54, 1.807) is 0 Å². The summed E-state index contributed by atoms with van der Waals surface area (Å²) in [7, 11) is 1.00. The SMILES string of the molecule is C=C.C=C(C)N=C(CCC)C(=C)C.C=CC(=C/C(=C)CCC)/C=C(\C)CC.CC.CC.CO. The van der Waals surface area contributed by atoms with Gasteiger partial charge in [0.15, 0.2) is 0 Å². The van der Waals surface area contributed by atoms with Crippen LogP contribution in [0.15, 0.2) is 90.7 Å². The second-order valence-corrected chi connectivity index (χ2v) is 6.43. The van der Waals surface area contributed by atoms with E-state index in [4.69, 9.17) is 5.11 Å². The van der Waals surface area contributed by atoms with Crippen molar-refractivity contribution in [3.8, 4) is 0 Å². The van der Waals surface area contributed by atoms with Crippen molar-refractivity contribution in [2.75, 3.05) is 7.11 Å². The zero-order valence-electron chi connectivity index (χ0n) is 24.4. The van der Waals surface area contributed by atoms with Crippen LogP contribution in [0.2, 0.25) is 0 Å². The van der Waals surface area contributed by atoms with E-state index in [1.807, 2.05) is 47.6 Å². The molecule has 33 heavy (non-hydrogen) atoms. The highest BCUT2D eigenvalue weighted by Gasteiger charge is 1.97. The fraction of sp³-hybridized carbons (Fsp3) is 0.516. The van der Waals surface area contributed by atoms with Crippen LogP contribution in [0.5, 0.6) is 0 Å². The van der Waals surface area contributed by atoms with Gasteiger partial charge in [0.1, 0.15) is 0 Å². The first-order valence-electron chi connectivity index (χ1n) is 12.2. The van der Waals surface area contributed by atoms with Gasteiger partial charge in [-0.05, 0) is 51.2 Å². The van der Waals surface area contributed by atoms with Gasteiger partial charge in [-0.1, -0.05) is 117 Å². The molecule has 194 valence electrons. The summed E-state index contributed by atoms with van der Waals surface area (Å²) in [6, 6.07) is 0. The second-order valence-electron chi connectivity index (χ2n) is 6.43. The predicted octanol–water partition coefficient (Wildman–Crippen LogP) is 10.6. The molecule has 0 aromatic heterocycles. The molecule has 0 saturated heterocycles. The smallest absolute Gasteiger partial charge is 0.0429 e. The molecule has 0 radical (unpaired) electrons. The van der Waals surface area contributed by atoms with Gasteiger partial charge < -0.3 is 5.11 Å². The van der Waals surface area contributed by atoms with E-state index in [0.29, 0.717) is 0 Å². The monoisotopic (exact) mass is 461 g/mol. The number of rotatable bonds is 10. The van der Waals surface area contributed by atoms with Crippen LogP contribution in [0.3, 0.4) is 0 Å². The van der Waals surface area contributed by atoms with Crippen LogP contribution >= 0.6 is 0 Å². The third kappa shape index (κ3) is 40.7. The van der Waals surface area contributed by atoms with Crippen LogP contribution in [0.1, 0.15) is 101 Å². The molecule has 1 N–H and O–H groups in total. The molecular weight excluding hydrogens is 402 g/mol. The molecule has 0 heterocycles. The Hall–Kier alpha value is -2.19. The topological polar surface area (TPSA) is 32.6 Å². The number of nitrogens with zero attached hydrogens (tertiary/aromatic N) is 1. The van der Waals surface area contributed by atoms with Crippen molar-refractivity contribution in [3.05, 3.63) is 85.7 Å². The minimum absolute atomic E-state index is 0.858. The van der Waals surface area contributed by atoms with Gasteiger partial charge in [0.2, 0.25) is 0 Å². The number of hydrogen-bond donors (Lipinski definition) is 1. The van der Waals surface area contributed by atoms with Gasteiger partial charge in [0, 0.05) is 18.5 Å². The molecule has 0 atom stereocenters. The maximum atomic E-state index is 7.00. The van der Waals surface area contributed by atoms with Crippen LogP contribution in [-0.4, -0.2) is 17.9 Å². The first-order chi connectivity index (χ1) is 15.7. The number of aliphatic hydroxyl groups is 1. The predicted molar refractivity (Wildman–Crippen MR) is 160 cm³/mol. The summed E-state index contributed by atoms with van der Waals surface area (Å²) >= 11 is 0. The normalized spacial score (nSPS) is 9.88. The van der Waals surface area contributed by atoms with E-state index in [2.05, 4.69) is 84.3 Å². The summed E-state index contributed by atoms with van der Waals surface area (Å²) in [5.41, 5.74) is 6.72. The lowest BCUT2D eigenvalue weighted by molar-refractivity contribution is 0.399. The highest BCUT2D eigenvalue weighted by atomic mass is 16.2. The summed E-state index contributed by atoms with van der Waals surface area (Å²) in [6.07, 6.45) is 11.6. The summed E-state index contributed by atoms with van der Waals surface area (Å²) < 4.78 is 0. The molecule has 0 aromatic carbocycles. The van der Waals surface area contributed by atoms with Crippen molar-refractivity contribution < 1.29 is 5.11 Å². The van der Waals surface area contributed by atoms with Gasteiger partial charge in [-0.3, -0.25) is 4.99 Å². The van der Waals surface area contributed by atoms with Gasteiger partial charge in [0.05, 0.1) is 0 Å². The fourth-order valence-corrected chi connectivity index (χ4v) is 2.01. The van der Waals surface area contributed by atoms with E-state index in [-0.39, 0.29) is 0 Å². The average molecular weight is 462 g/mol. The minimum atomic E-state index is 0.858. The Morgan fingerprint density at radius 1 is 0.788 bits per heavy atom. The number of hydrogen-bond acceptors (Lipinski definition) is 2. The molecule has 0 aliphatic rings. The van der Waals surface area contributed by atoms with Crippen LogP contribution in [-0.2, 0) is 0 Å². The lowest BCUT2D eigenvalue weighted by Crippen LogP contribution is -1.98. The second kappa shape index (κ2) is 40.2. The highest BCUT2D eigenvalue weighted by Crippen LogP contribution is 2.12. The number of allylic oxidation sites excluding steroid dienone is 8. The number of aliphatic imine (C=N–C) groups is 1. The lowest BCUT2D eigenvalue weighted by Gasteiger charge is -2.02. The third-order valence-corrected chi connectivity index (χ3v) is 3.45. The quantitative estimate of drug-likeness (QED) is 0.196. The molecule has 0 aliphatic carbocycles. The minimum Gasteiger partial charge on any atom is -0.400 e. The van der Waals surface area contributed by atoms with Gasteiger partial charge in [-0.25, -0.2) is 0 Å². The fourth-order valence-electron chi connectivity index (χ4n) is 2.01. The Morgan fingerprint density at radius 3 is 1.48 bits per heavy atom. The van der Waals surface area contributed by atoms with Gasteiger partial charge in [-0.2, -0.15) is 0 Å². The summed E-state index contributed by atoms with van der Waals surface area (Å²) in [6.45, 7) is 41.9. The molecule has 0 spiro atoms. The zero-order chi connectivity index (χ0) is 27.8. The maximum absolute atomic E-state index is 7.00. The Kier molecular flexibility index (Phi) is 54.2. The Morgan fingerprint density at radius 2 is 1.21 bits per heavy atom. The van der Waals surface area contributed by atoms with Gasteiger partial charge in [-0.15, -0.1) is 13.2 Å². The van der Waals surface area contributed by atoms with Crippen molar-refractivity contribution in [1.82, 2.24) is 0 Å². The zero-order valence-corrected chi connectivity index (χ0v) is 24.4. The van der Waals surface area contributed by atoms with Crippen molar-refractivity contribution >= 4 is 5.71 Å². The molecule has 0 rings (SSSR count). The van der Waals surface area contributed by atoms with Crippen LogP contribution in [0.4, 0.5) is 0 Å². The van der Waals surface area contributed by atoms with E-state index < -0.39 is 0 Å². The molecular formula is C31H59NO. The molecule has 0 amide bonds. The van der Waals surface area contributed by atoms with Crippen LogP contribution in [0, 0.1) is 0 Å². The Bertz CT molecular complexity index is 559. The van der Waals surface area contributed by atoms with Crippen molar-refractivity contribution in [2.45, 2.75) is 101 Å². The molecule has 0 bridgehead atoms. The summed E-state index contributed by atoms with van der Waals surface area (Å²) in [4.78, 5) is 4.29. The van der Waals surface area contributed by atoms with Gasteiger partial charge >= 0.3 is 0 Å². The van der Waals surface area contributed by atoms with Crippen LogP contribution in [0.25, 0.3) is 0 Å². The molecule has 2 nitrogen and oxygen atoms in total. The largest absolute Gasteiger partial charge is 0.400 e. The molecule has 0 unspecified atom stereocenters. The van der Waals surface area contributed by atoms with Crippen molar-refractivity contribution in [1.29, 1.82) is 0 Å². The van der Waals surface area contributed by atoms with E-state index >= 15 is 0 Å². The third-order valence-electron chi connectivity index (χ3n) is 3.45. The Labute approximate surface area is 210 Å². The summed E-state index contributed by atoms with van der Waals surface area (Å²) in [5, 5.41) is 7.00. The van der Waals surface area contributed by atoms with Gasteiger partial charge in [0.25, 0.3) is 0 Å². The molecule has 0 aliphatic heterocycles.